The number of aromatic amines is 1. The number of carbonyl (C=O) groups is 1. The zero-order chi connectivity index (χ0) is 26.3. The Morgan fingerprint density at radius 1 is 1.24 bits per heavy atom. The molecular weight excluding hydrogens is 532 g/mol. The molecule has 17 heteroatoms. The summed E-state index contributed by atoms with van der Waals surface area (Å²) in [4.78, 5) is 34.4. The second kappa shape index (κ2) is 10.2. The molecular formula is C20H25FN7O7PS. The molecule has 5 N–H and O–H groups in total. The van der Waals surface area contributed by atoms with Gasteiger partial charge in [-0.3, -0.25) is 18.5 Å². The van der Waals surface area contributed by atoms with Crippen molar-refractivity contribution in [3.8, 4) is 0 Å². The number of hydrogen-bond donors (Lipinski definition) is 4. The monoisotopic (exact) mass is 557 g/mol. The van der Waals surface area contributed by atoms with E-state index in [1.807, 2.05) is 0 Å². The fourth-order valence-electron chi connectivity index (χ4n) is 4.32. The van der Waals surface area contributed by atoms with Crippen LogP contribution in [0.3, 0.4) is 0 Å². The maximum Gasteiger partial charge on any atom is 0.472 e. The van der Waals surface area contributed by atoms with Crippen molar-refractivity contribution in [1.82, 2.24) is 29.7 Å². The number of rotatable bonds is 8. The van der Waals surface area contributed by atoms with Gasteiger partial charge in [0.05, 0.1) is 37.4 Å². The predicted octanol–water partition coefficient (Wildman–Crippen LogP) is 2.74. The molecule has 0 spiro atoms. The second-order valence-corrected chi connectivity index (χ2v) is 10.5. The lowest BCUT2D eigenvalue weighted by Crippen LogP contribution is -2.45. The van der Waals surface area contributed by atoms with E-state index in [0.29, 0.717) is 36.8 Å². The van der Waals surface area contributed by atoms with Gasteiger partial charge in [0.1, 0.15) is 23.6 Å². The summed E-state index contributed by atoms with van der Waals surface area (Å²) >= 11 is 5.18. The normalized spacial score (nSPS) is 27.9. The van der Waals surface area contributed by atoms with E-state index in [1.54, 1.807) is 10.9 Å². The Hall–Kier alpha value is -2.72. The molecule has 2 saturated heterocycles. The number of carbonyl (C=O) groups excluding carboxylic acids is 1. The van der Waals surface area contributed by atoms with Crippen LogP contribution in [-0.2, 0) is 23.1 Å². The topological polar surface area (TPSA) is 179 Å². The lowest BCUT2D eigenvalue weighted by Gasteiger charge is -2.29. The number of amides is 2. The first-order valence-electron chi connectivity index (χ1n) is 11.4. The Morgan fingerprint density at radius 2 is 1.89 bits per heavy atom. The molecule has 0 radical (unpaired) electrons. The van der Waals surface area contributed by atoms with Crippen molar-refractivity contribution in [3.63, 3.8) is 0 Å². The van der Waals surface area contributed by atoms with E-state index >= 15 is 0 Å². The fraction of sp³-hybridized carbons (Fsp3) is 0.500. The fourth-order valence-corrected chi connectivity index (χ4v) is 5.35. The van der Waals surface area contributed by atoms with Crippen LogP contribution in [0.5, 0.6) is 0 Å². The van der Waals surface area contributed by atoms with Crippen molar-refractivity contribution < 1.29 is 37.2 Å². The summed E-state index contributed by atoms with van der Waals surface area (Å²) in [6.07, 6.45) is 2.36. The predicted molar refractivity (Wildman–Crippen MR) is 129 cm³/mol. The summed E-state index contributed by atoms with van der Waals surface area (Å²) in [6.45, 7) is 2.98. The number of phosphoric ester groups is 1. The Labute approximate surface area is 214 Å². The molecule has 37 heavy (non-hydrogen) atoms. The van der Waals surface area contributed by atoms with Crippen LogP contribution >= 0.6 is 20.0 Å². The molecule has 2 amide bonds. The summed E-state index contributed by atoms with van der Waals surface area (Å²) in [6, 6.07) is -0.574. The van der Waals surface area contributed by atoms with Gasteiger partial charge in [0.25, 0.3) is 0 Å². The number of nitrogens with zero attached hydrogens (tertiary/aromatic N) is 4. The van der Waals surface area contributed by atoms with Crippen molar-refractivity contribution in [2.24, 2.45) is 0 Å². The molecule has 0 aromatic carbocycles. The lowest BCUT2D eigenvalue weighted by atomic mass is 10.2. The van der Waals surface area contributed by atoms with E-state index in [9.17, 15) is 18.6 Å². The number of hydrogen-bond acceptors (Lipinski definition) is 10. The molecule has 2 fully saturated rings. The molecule has 14 nitrogen and oxygen atoms in total. The molecule has 3 aliphatic rings. The first-order valence-corrected chi connectivity index (χ1v) is 13.3. The van der Waals surface area contributed by atoms with Crippen LogP contribution in [0.2, 0.25) is 0 Å². The zero-order valence-electron chi connectivity index (χ0n) is 19.4. The van der Waals surface area contributed by atoms with Crippen LogP contribution in [0.15, 0.2) is 30.6 Å². The number of fused-ring (bicyclic) bond motifs is 1. The minimum absolute atomic E-state index is 0.126. The first-order chi connectivity index (χ1) is 17.6. The number of nitrogens with one attached hydrogen (secondary N) is 2. The Bertz CT molecular complexity index is 1370. The van der Waals surface area contributed by atoms with Gasteiger partial charge < -0.3 is 30.4 Å². The molecule has 3 aliphatic heterocycles. The minimum Gasteiger partial charge on any atom is -0.369 e. The number of halogens is 1. The van der Waals surface area contributed by atoms with Crippen LogP contribution in [0.4, 0.5) is 15.1 Å². The minimum atomic E-state index is -4.41. The second-order valence-electron chi connectivity index (χ2n) is 8.71. The van der Waals surface area contributed by atoms with Gasteiger partial charge >= 0.3 is 13.9 Å². The van der Waals surface area contributed by atoms with Crippen LogP contribution in [0, 0.1) is 4.64 Å². The van der Waals surface area contributed by atoms with Gasteiger partial charge in [-0.05, 0) is 25.7 Å². The third-order valence-electron chi connectivity index (χ3n) is 6.14. The van der Waals surface area contributed by atoms with Gasteiger partial charge in [0, 0.05) is 6.20 Å². The van der Waals surface area contributed by atoms with E-state index in [2.05, 4.69) is 26.8 Å². The maximum atomic E-state index is 13.8. The van der Waals surface area contributed by atoms with Crippen molar-refractivity contribution >= 4 is 43.2 Å². The molecule has 0 bridgehead atoms. The number of H-pyrrole nitrogens is 1. The first kappa shape index (κ1) is 25.9. The zero-order valence-corrected chi connectivity index (χ0v) is 21.1. The highest BCUT2D eigenvalue weighted by Gasteiger charge is 2.37. The number of ether oxygens (including phenoxy) is 2. The average molecular weight is 558 g/mol. The SMILES string of the molecule is C=C1NC(=O)N([C@H]2CC[C@@H](COP(=O)(O)OC[C@@H]3CC[C@H](n4cnc5c(=S)nc(N)[nH]c54)O3)O2)C=C1F. The van der Waals surface area contributed by atoms with Gasteiger partial charge in [0.15, 0.2) is 16.4 Å². The number of phosphoric acid groups is 1. The number of nitrogens with two attached hydrogens (primary N) is 1. The lowest BCUT2D eigenvalue weighted by molar-refractivity contribution is -0.0432. The summed E-state index contributed by atoms with van der Waals surface area (Å²) < 4.78 is 50.1. The average Bonchev–Trinajstić information content (AvgIpc) is 3.58. The van der Waals surface area contributed by atoms with Crippen molar-refractivity contribution in [2.75, 3.05) is 18.9 Å². The summed E-state index contributed by atoms with van der Waals surface area (Å²) in [5.41, 5.74) is 6.69. The van der Waals surface area contributed by atoms with Crippen molar-refractivity contribution in [3.05, 3.63) is 35.3 Å². The number of urea groups is 1. The Balaban J connectivity index is 1.10. The highest BCUT2D eigenvalue weighted by atomic mass is 32.1. The van der Waals surface area contributed by atoms with Crippen LogP contribution < -0.4 is 11.1 Å². The summed E-state index contributed by atoms with van der Waals surface area (Å²) in [7, 11) is -4.41. The molecule has 2 aromatic heterocycles. The summed E-state index contributed by atoms with van der Waals surface area (Å²) in [5, 5.41) is 2.30. The van der Waals surface area contributed by atoms with Crippen LogP contribution in [-0.4, -0.2) is 67.0 Å². The third-order valence-corrected chi connectivity index (χ3v) is 7.37. The standard InChI is InChI=1S/C20H25FN7O7PS/c1-10-13(21)6-27(20(29)24-10)14-4-2-11(34-14)7-32-36(30,31)33-8-12-3-5-15(35-12)28-9-23-16-17(28)25-19(22)26-18(16)37/h6,9,11-12,14-15H,1-5,7-8H2,(H,24,29)(H,30,31)(H3,22,25,26,37)/t11-,12-,14+,15+/m0/s1. The van der Waals surface area contributed by atoms with Crippen LogP contribution in [0.1, 0.15) is 31.9 Å². The number of nitrogen functional groups attached to an aromatic ring is 1. The Kier molecular flexibility index (Phi) is 7.15. The van der Waals surface area contributed by atoms with Crippen LogP contribution in [0.25, 0.3) is 11.2 Å². The molecule has 2 aromatic rings. The summed E-state index contributed by atoms with van der Waals surface area (Å²) in [5.74, 6) is -0.528. The van der Waals surface area contributed by atoms with E-state index in [0.717, 1.165) is 11.1 Å². The van der Waals surface area contributed by atoms with E-state index in [4.69, 9.17) is 36.5 Å². The molecule has 5 atom stereocenters. The van der Waals surface area contributed by atoms with E-state index in [-0.39, 0.29) is 29.5 Å². The Morgan fingerprint density at radius 3 is 2.59 bits per heavy atom. The molecule has 0 aliphatic carbocycles. The van der Waals surface area contributed by atoms with E-state index in [1.165, 1.54) is 0 Å². The molecule has 5 rings (SSSR count). The molecule has 1 unspecified atom stereocenters. The maximum absolute atomic E-state index is 13.8. The van der Waals surface area contributed by atoms with Gasteiger partial charge in [-0.1, -0.05) is 18.8 Å². The highest BCUT2D eigenvalue weighted by Crippen LogP contribution is 2.45. The number of anilines is 1. The number of allylic oxidation sites excluding steroid dienone is 1. The smallest absolute Gasteiger partial charge is 0.369 e. The van der Waals surface area contributed by atoms with E-state index < -0.39 is 44.3 Å². The van der Waals surface area contributed by atoms with Gasteiger partial charge in [-0.25, -0.2) is 23.7 Å². The van der Waals surface area contributed by atoms with Crippen molar-refractivity contribution in [1.29, 1.82) is 0 Å². The highest BCUT2D eigenvalue weighted by molar-refractivity contribution is 7.71. The largest absolute Gasteiger partial charge is 0.472 e. The molecule has 200 valence electrons. The van der Waals surface area contributed by atoms with Gasteiger partial charge in [-0.2, -0.15) is 0 Å². The quantitative estimate of drug-likeness (QED) is 0.277. The molecule has 5 heterocycles. The third kappa shape index (κ3) is 5.60. The van der Waals surface area contributed by atoms with Gasteiger partial charge in [-0.15, -0.1) is 0 Å². The number of imidazole rings is 1. The van der Waals surface area contributed by atoms with Gasteiger partial charge in [0.2, 0.25) is 0 Å². The number of aromatic nitrogens is 4. The molecule has 0 saturated carbocycles. The van der Waals surface area contributed by atoms with Crippen molar-refractivity contribution in [2.45, 2.75) is 50.3 Å².